The Morgan fingerprint density at radius 3 is 2.42 bits per heavy atom. The van der Waals surface area contributed by atoms with Crippen LogP contribution in [0.2, 0.25) is 0 Å². The van der Waals surface area contributed by atoms with Crippen molar-refractivity contribution in [2.24, 2.45) is 0 Å². The Kier molecular flexibility index (Phi) is 6.46. The van der Waals surface area contributed by atoms with Gasteiger partial charge in [-0.1, -0.05) is 26.8 Å². The maximum Gasteiger partial charge on any atom is 0.0334 e. The van der Waals surface area contributed by atoms with Gasteiger partial charge in [-0.15, -0.1) is 0 Å². The van der Waals surface area contributed by atoms with Crippen LogP contribution in [0, 0.1) is 0 Å². The molecule has 1 aromatic heterocycles. The van der Waals surface area contributed by atoms with E-state index in [2.05, 4.69) is 56.0 Å². The van der Waals surface area contributed by atoms with E-state index in [0.29, 0.717) is 6.04 Å². The Labute approximate surface area is 118 Å². The first-order valence-corrected chi connectivity index (χ1v) is 7.43. The van der Waals surface area contributed by atoms with Crippen molar-refractivity contribution >= 4 is 0 Å². The second-order valence-corrected chi connectivity index (χ2v) is 5.29. The summed E-state index contributed by atoms with van der Waals surface area (Å²) in [7, 11) is 2.07. The van der Waals surface area contributed by atoms with Crippen molar-refractivity contribution in [3.8, 4) is 0 Å². The van der Waals surface area contributed by atoms with E-state index in [1.54, 1.807) is 0 Å². The summed E-state index contributed by atoms with van der Waals surface area (Å²) in [4.78, 5) is 6.78. The Morgan fingerprint density at radius 2 is 2.00 bits per heavy atom. The van der Waals surface area contributed by atoms with E-state index in [1.165, 1.54) is 5.56 Å². The molecule has 0 aliphatic heterocycles. The van der Waals surface area contributed by atoms with E-state index in [-0.39, 0.29) is 5.54 Å². The van der Waals surface area contributed by atoms with Crippen molar-refractivity contribution in [3.05, 3.63) is 30.1 Å². The number of hydrogen-bond donors (Lipinski definition) is 1. The van der Waals surface area contributed by atoms with E-state index in [9.17, 15) is 0 Å². The minimum Gasteiger partial charge on any atom is -0.315 e. The third kappa shape index (κ3) is 3.77. The summed E-state index contributed by atoms with van der Waals surface area (Å²) in [6.45, 7) is 11.3. The maximum atomic E-state index is 4.22. The molecule has 2 unspecified atom stereocenters. The quantitative estimate of drug-likeness (QED) is 0.781. The summed E-state index contributed by atoms with van der Waals surface area (Å²) in [6, 6.07) is 4.61. The molecule has 0 saturated heterocycles. The first-order chi connectivity index (χ1) is 9.12. The molecular formula is C16H29N3. The predicted octanol–water partition coefficient (Wildman–Crippen LogP) is 2.72. The van der Waals surface area contributed by atoms with Crippen LogP contribution in [0.25, 0.3) is 0 Å². The molecule has 3 nitrogen and oxygen atoms in total. The number of hydrogen-bond acceptors (Lipinski definition) is 3. The van der Waals surface area contributed by atoms with Crippen LogP contribution in [0.1, 0.15) is 39.7 Å². The first-order valence-electron chi connectivity index (χ1n) is 7.43. The summed E-state index contributed by atoms with van der Waals surface area (Å²) in [5, 5.41) is 3.52. The van der Waals surface area contributed by atoms with Crippen LogP contribution in [-0.4, -0.2) is 41.6 Å². The molecule has 0 amide bonds. The highest BCUT2D eigenvalue weighted by Gasteiger charge is 2.35. The molecule has 0 aromatic carbocycles. The van der Waals surface area contributed by atoms with Crippen LogP contribution in [0.15, 0.2) is 24.5 Å². The Bertz CT molecular complexity index is 348. The Morgan fingerprint density at radius 1 is 1.32 bits per heavy atom. The summed E-state index contributed by atoms with van der Waals surface area (Å²) in [6.07, 6.45) is 5.97. The van der Waals surface area contributed by atoms with E-state index < -0.39 is 0 Å². The van der Waals surface area contributed by atoms with Crippen LogP contribution in [0.3, 0.4) is 0 Å². The third-order valence-electron chi connectivity index (χ3n) is 4.46. The standard InChI is InChI=1S/C16H29N3/c1-6-16(4,19(7-2)8-3)15(17-5)12-14-10-9-11-18-13-14/h9-11,13,15,17H,6-8,12H2,1-5H3. The van der Waals surface area contributed by atoms with Gasteiger partial charge in [-0.3, -0.25) is 9.88 Å². The average molecular weight is 263 g/mol. The van der Waals surface area contributed by atoms with Gasteiger partial charge >= 0.3 is 0 Å². The van der Waals surface area contributed by atoms with Crippen molar-refractivity contribution in [2.45, 2.75) is 52.1 Å². The van der Waals surface area contributed by atoms with Crippen molar-refractivity contribution in [3.63, 3.8) is 0 Å². The molecule has 1 N–H and O–H groups in total. The molecule has 19 heavy (non-hydrogen) atoms. The Balaban J connectivity index is 2.92. The lowest BCUT2D eigenvalue weighted by Crippen LogP contribution is -2.59. The molecule has 0 radical (unpaired) electrons. The van der Waals surface area contributed by atoms with Crippen molar-refractivity contribution in [1.29, 1.82) is 0 Å². The highest BCUT2D eigenvalue weighted by Crippen LogP contribution is 2.25. The lowest BCUT2D eigenvalue weighted by molar-refractivity contribution is 0.0730. The minimum absolute atomic E-state index is 0.175. The third-order valence-corrected chi connectivity index (χ3v) is 4.46. The second-order valence-electron chi connectivity index (χ2n) is 5.29. The fourth-order valence-corrected chi connectivity index (χ4v) is 3.02. The van der Waals surface area contributed by atoms with Crippen LogP contribution in [0.4, 0.5) is 0 Å². The van der Waals surface area contributed by atoms with Gasteiger partial charge in [0.1, 0.15) is 0 Å². The molecule has 0 aliphatic rings. The molecule has 0 spiro atoms. The molecule has 1 heterocycles. The lowest BCUT2D eigenvalue weighted by Gasteiger charge is -2.45. The molecular weight excluding hydrogens is 234 g/mol. The van der Waals surface area contributed by atoms with Crippen LogP contribution < -0.4 is 5.32 Å². The van der Waals surface area contributed by atoms with Gasteiger partial charge in [-0.2, -0.15) is 0 Å². The van der Waals surface area contributed by atoms with E-state index in [4.69, 9.17) is 0 Å². The van der Waals surface area contributed by atoms with E-state index in [0.717, 1.165) is 25.9 Å². The molecule has 3 heteroatoms. The number of rotatable bonds is 8. The van der Waals surface area contributed by atoms with Gasteiger partial charge in [0.05, 0.1) is 0 Å². The monoisotopic (exact) mass is 263 g/mol. The summed E-state index contributed by atoms with van der Waals surface area (Å²) in [5.74, 6) is 0. The van der Waals surface area contributed by atoms with Gasteiger partial charge in [0, 0.05) is 24.0 Å². The zero-order chi connectivity index (χ0) is 14.3. The van der Waals surface area contributed by atoms with Gasteiger partial charge in [0.25, 0.3) is 0 Å². The molecule has 1 rings (SSSR count). The highest BCUT2D eigenvalue weighted by molar-refractivity contribution is 5.13. The molecule has 0 saturated carbocycles. The SMILES string of the molecule is CCN(CC)C(C)(CC)C(Cc1cccnc1)NC. The first kappa shape index (κ1) is 16.1. The van der Waals surface area contributed by atoms with Crippen molar-refractivity contribution < 1.29 is 0 Å². The van der Waals surface area contributed by atoms with Crippen LogP contribution >= 0.6 is 0 Å². The maximum absolute atomic E-state index is 4.22. The largest absolute Gasteiger partial charge is 0.315 e. The number of likely N-dealkylation sites (N-methyl/N-ethyl adjacent to an activating group) is 2. The number of nitrogens with one attached hydrogen (secondary N) is 1. The Hall–Kier alpha value is -0.930. The normalized spacial score (nSPS) is 16.3. The minimum atomic E-state index is 0.175. The fourth-order valence-electron chi connectivity index (χ4n) is 3.02. The topological polar surface area (TPSA) is 28.2 Å². The zero-order valence-corrected chi connectivity index (χ0v) is 13.1. The zero-order valence-electron chi connectivity index (χ0n) is 13.1. The van der Waals surface area contributed by atoms with Crippen LogP contribution in [-0.2, 0) is 6.42 Å². The lowest BCUT2D eigenvalue weighted by atomic mass is 9.83. The van der Waals surface area contributed by atoms with E-state index >= 15 is 0 Å². The summed E-state index contributed by atoms with van der Waals surface area (Å²) >= 11 is 0. The van der Waals surface area contributed by atoms with Crippen molar-refractivity contribution in [2.75, 3.05) is 20.1 Å². The predicted molar refractivity (Wildman–Crippen MR) is 82.4 cm³/mol. The van der Waals surface area contributed by atoms with Gasteiger partial charge in [-0.25, -0.2) is 0 Å². The molecule has 2 atom stereocenters. The van der Waals surface area contributed by atoms with Crippen molar-refractivity contribution in [1.82, 2.24) is 15.2 Å². The number of nitrogens with zero attached hydrogens (tertiary/aromatic N) is 2. The molecule has 108 valence electrons. The fraction of sp³-hybridized carbons (Fsp3) is 0.688. The van der Waals surface area contributed by atoms with Gasteiger partial charge in [0.15, 0.2) is 0 Å². The summed E-state index contributed by atoms with van der Waals surface area (Å²) in [5.41, 5.74) is 1.47. The number of pyridine rings is 1. The molecule has 1 aromatic rings. The second kappa shape index (κ2) is 7.61. The molecule has 0 fully saturated rings. The number of aromatic nitrogens is 1. The highest BCUT2D eigenvalue weighted by atomic mass is 15.2. The average Bonchev–Trinajstić information content (AvgIpc) is 2.46. The van der Waals surface area contributed by atoms with Gasteiger partial charge in [-0.05, 0) is 51.5 Å². The molecule has 0 bridgehead atoms. The van der Waals surface area contributed by atoms with Crippen LogP contribution in [0.5, 0.6) is 0 Å². The van der Waals surface area contributed by atoms with Gasteiger partial charge < -0.3 is 5.32 Å². The smallest absolute Gasteiger partial charge is 0.0334 e. The summed E-state index contributed by atoms with van der Waals surface area (Å²) < 4.78 is 0. The van der Waals surface area contributed by atoms with E-state index in [1.807, 2.05) is 18.5 Å². The molecule has 0 aliphatic carbocycles. The van der Waals surface area contributed by atoms with Gasteiger partial charge in [0.2, 0.25) is 0 Å².